The Balaban J connectivity index is 2.07. The van der Waals surface area contributed by atoms with Crippen LogP contribution in [0.3, 0.4) is 0 Å². The molecule has 1 aliphatic rings. The van der Waals surface area contributed by atoms with Crippen LogP contribution in [0.1, 0.15) is 12.5 Å². The Labute approximate surface area is 105 Å². The highest BCUT2D eigenvalue weighted by molar-refractivity contribution is 5.94. The molecule has 0 radical (unpaired) electrons. The first-order valence-electron chi connectivity index (χ1n) is 5.91. The first-order chi connectivity index (χ1) is 8.81. The van der Waals surface area contributed by atoms with Gasteiger partial charge in [-0.15, -0.1) is 0 Å². The van der Waals surface area contributed by atoms with Crippen molar-refractivity contribution in [3.63, 3.8) is 0 Å². The van der Waals surface area contributed by atoms with E-state index in [2.05, 4.69) is 0 Å². The van der Waals surface area contributed by atoms with Gasteiger partial charge < -0.3 is 9.15 Å². The number of ether oxygens (including phenoxy) is 1. The molecule has 0 atom stereocenters. The quantitative estimate of drug-likeness (QED) is 0.770. The monoisotopic (exact) mass is 243 g/mol. The van der Waals surface area contributed by atoms with Gasteiger partial charge in [0.05, 0.1) is 19.4 Å². The van der Waals surface area contributed by atoms with E-state index in [1.165, 1.54) is 4.90 Å². The average Bonchev–Trinajstić information content (AvgIpc) is 2.87. The van der Waals surface area contributed by atoms with Gasteiger partial charge in [0.1, 0.15) is 0 Å². The van der Waals surface area contributed by atoms with Crippen LogP contribution in [0.15, 0.2) is 41.0 Å². The van der Waals surface area contributed by atoms with Crippen LogP contribution >= 0.6 is 0 Å². The first kappa shape index (κ1) is 10.9. The molecule has 0 unspecified atom stereocenters. The van der Waals surface area contributed by atoms with Gasteiger partial charge in [-0.1, -0.05) is 24.3 Å². The largest absolute Gasteiger partial charge is 0.449 e. The second-order valence-electron chi connectivity index (χ2n) is 4.08. The van der Waals surface area contributed by atoms with E-state index in [1.54, 1.807) is 13.2 Å². The molecule has 1 amide bonds. The van der Waals surface area contributed by atoms with Crippen molar-refractivity contribution in [1.29, 1.82) is 0 Å². The number of hydrogen-bond acceptors (Lipinski definition) is 3. The van der Waals surface area contributed by atoms with Crippen molar-refractivity contribution in [2.24, 2.45) is 0 Å². The Morgan fingerprint density at radius 3 is 3.00 bits per heavy atom. The molecule has 0 saturated carbocycles. The number of fused-ring (bicyclic) bond motifs is 3. The highest BCUT2D eigenvalue weighted by Gasteiger charge is 2.29. The van der Waals surface area contributed by atoms with Crippen LogP contribution < -0.4 is 4.90 Å². The molecule has 1 aromatic heterocycles. The molecule has 0 N–H and O–H groups in total. The second-order valence-corrected chi connectivity index (χ2v) is 4.08. The van der Waals surface area contributed by atoms with E-state index in [9.17, 15) is 4.79 Å². The van der Waals surface area contributed by atoms with E-state index in [-0.39, 0.29) is 6.09 Å². The third kappa shape index (κ3) is 1.57. The van der Waals surface area contributed by atoms with E-state index in [0.29, 0.717) is 19.0 Å². The Morgan fingerprint density at radius 1 is 1.33 bits per heavy atom. The summed E-state index contributed by atoms with van der Waals surface area (Å²) >= 11 is 0. The number of hydrogen-bond donors (Lipinski definition) is 0. The number of rotatable bonds is 1. The van der Waals surface area contributed by atoms with Crippen LogP contribution in [-0.4, -0.2) is 12.7 Å². The summed E-state index contributed by atoms with van der Waals surface area (Å²) in [6.07, 6.45) is 1.22. The lowest BCUT2D eigenvalue weighted by atomic mass is 9.98. The van der Waals surface area contributed by atoms with Crippen molar-refractivity contribution in [3.05, 3.63) is 42.2 Å². The lowest BCUT2D eigenvalue weighted by Crippen LogP contribution is -2.33. The van der Waals surface area contributed by atoms with Crippen molar-refractivity contribution in [2.75, 3.05) is 11.5 Å². The van der Waals surface area contributed by atoms with E-state index in [1.807, 2.05) is 30.3 Å². The summed E-state index contributed by atoms with van der Waals surface area (Å²) in [7, 11) is 0. The van der Waals surface area contributed by atoms with E-state index < -0.39 is 0 Å². The third-order valence-corrected chi connectivity index (χ3v) is 3.01. The zero-order chi connectivity index (χ0) is 12.5. The molecule has 0 aliphatic carbocycles. The number of amides is 1. The van der Waals surface area contributed by atoms with Crippen molar-refractivity contribution in [1.82, 2.24) is 0 Å². The lowest BCUT2D eigenvalue weighted by Gasteiger charge is -2.26. The predicted octanol–water partition coefficient (Wildman–Crippen LogP) is 3.42. The van der Waals surface area contributed by atoms with Crippen LogP contribution in [0.4, 0.5) is 10.7 Å². The molecular weight excluding hydrogens is 230 g/mol. The molecule has 0 spiro atoms. The molecule has 0 bridgehead atoms. The maximum absolute atomic E-state index is 11.9. The number of nitrogens with zero attached hydrogens (tertiary/aromatic N) is 1. The van der Waals surface area contributed by atoms with Crippen LogP contribution in [0.2, 0.25) is 0 Å². The second kappa shape index (κ2) is 4.22. The molecule has 4 heteroatoms. The minimum absolute atomic E-state index is 0.354. The van der Waals surface area contributed by atoms with Gasteiger partial charge in [-0.25, -0.2) is 9.69 Å². The fourth-order valence-corrected chi connectivity index (χ4v) is 2.23. The van der Waals surface area contributed by atoms with Gasteiger partial charge in [-0.05, 0) is 24.1 Å². The molecule has 18 heavy (non-hydrogen) atoms. The van der Waals surface area contributed by atoms with E-state index >= 15 is 0 Å². The number of benzene rings is 1. The molecular formula is C14H13NO3. The molecule has 3 rings (SSSR count). The lowest BCUT2D eigenvalue weighted by molar-refractivity contribution is 0.158. The minimum atomic E-state index is -0.372. The Hall–Kier alpha value is -2.23. The van der Waals surface area contributed by atoms with Gasteiger partial charge in [-0.3, -0.25) is 0 Å². The van der Waals surface area contributed by atoms with Gasteiger partial charge in [-0.2, -0.15) is 0 Å². The van der Waals surface area contributed by atoms with Crippen molar-refractivity contribution in [2.45, 2.75) is 13.5 Å². The van der Waals surface area contributed by atoms with Crippen molar-refractivity contribution >= 4 is 12.0 Å². The highest BCUT2D eigenvalue weighted by Crippen LogP contribution is 2.39. The number of carbonyl (C=O) groups excluding carboxylic acids is 1. The predicted molar refractivity (Wildman–Crippen MR) is 67.3 cm³/mol. The minimum Gasteiger partial charge on any atom is -0.449 e. The van der Waals surface area contributed by atoms with E-state index in [4.69, 9.17) is 9.15 Å². The number of furan rings is 1. The summed E-state index contributed by atoms with van der Waals surface area (Å²) in [4.78, 5) is 13.4. The summed E-state index contributed by atoms with van der Waals surface area (Å²) in [5.74, 6) is 0.562. The average molecular weight is 243 g/mol. The van der Waals surface area contributed by atoms with Gasteiger partial charge >= 0.3 is 6.09 Å². The smallest absolute Gasteiger partial charge is 0.416 e. The van der Waals surface area contributed by atoms with Gasteiger partial charge in [0.25, 0.3) is 0 Å². The maximum atomic E-state index is 11.9. The third-order valence-electron chi connectivity index (χ3n) is 3.01. The molecule has 2 aromatic rings. The molecule has 0 fully saturated rings. The summed E-state index contributed by atoms with van der Waals surface area (Å²) in [5.41, 5.74) is 3.14. The zero-order valence-electron chi connectivity index (χ0n) is 10.1. The summed E-state index contributed by atoms with van der Waals surface area (Å²) in [6, 6.07) is 9.87. The van der Waals surface area contributed by atoms with Gasteiger partial charge in [0, 0.05) is 5.56 Å². The fraction of sp³-hybridized carbons (Fsp3) is 0.214. The molecule has 0 saturated heterocycles. The van der Waals surface area contributed by atoms with Crippen LogP contribution in [-0.2, 0) is 11.3 Å². The fourth-order valence-electron chi connectivity index (χ4n) is 2.23. The molecule has 4 nitrogen and oxygen atoms in total. The molecule has 1 aliphatic heterocycles. The number of anilines is 1. The van der Waals surface area contributed by atoms with Crippen LogP contribution in [0, 0.1) is 0 Å². The van der Waals surface area contributed by atoms with Crippen molar-refractivity contribution < 1.29 is 13.9 Å². The summed E-state index contributed by atoms with van der Waals surface area (Å²) in [5, 5.41) is 0. The Bertz CT molecular complexity index is 588. The first-order valence-corrected chi connectivity index (χ1v) is 5.91. The molecule has 1 aromatic carbocycles. The van der Waals surface area contributed by atoms with Crippen LogP contribution in [0.25, 0.3) is 11.1 Å². The van der Waals surface area contributed by atoms with Crippen LogP contribution in [0.5, 0.6) is 0 Å². The van der Waals surface area contributed by atoms with E-state index in [0.717, 1.165) is 16.7 Å². The number of carbonyl (C=O) groups is 1. The highest BCUT2D eigenvalue weighted by atomic mass is 16.6. The zero-order valence-corrected chi connectivity index (χ0v) is 10.1. The van der Waals surface area contributed by atoms with Crippen molar-refractivity contribution in [3.8, 4) is 11.1 Å². The Kier molecular flexibility index (Phi) is 2.55. The summed E-state index contributed by atoms with van der Waals surface area (Å²) in [6.45, 7) is 2.63. The molecule has 2 heterocycles. The standard InChI is InChI=1S/C14H13NO3/c1-2-17-14(16)15-9-10-5-3-4-6-11(10)12-7-8-18-13(12)15/h3-8H,2,9H2,1H3. The topological polar surface area (TPSA) is 42.7 Å². The maximum Gasteiger partial charge on any atom is 0.416 e. The Morgan fingerprint density at radius 2 is 2.17 bits per heavy atom. The van der Waals surface area contributed by atoms with Gasteiger partial charge in [0.15, 0.2) is 0 Å². The molecule has 92 valence electrons. The normalized spacial score (nSPS) is 12.8. The SMILES string of the molecule is CCOC(=O)N1Cc2ccccc2-c2ccoc21. The summed E-state index contributed by atoms with van der Waals surface area (Å²) < 4.78 is 10.5. The van der Waals surface area contributed by atoms with Gasteiger partial charge in [0.2, 0.25) is 5.88 Å².